The van der Waals surface area contributed by atoms with Crippen LogP contribution >= 0.6 is 11.6 Å². The molecule has 82 valence electrons. The quantitative estimate of drug-likeness (QED) is 0.811. The van der Waals surface area contributed by atoms with E-state index in [2.05, 4.69) is 4.72 Å². The van der Waals surface area contributed by atoms with Gasteiger partial charge in [-0.3, -0.25) is 4.79 Å². The summed E-state index contributed by atoms with van der Waals surface area (Å²) in [5, 5.41) is -0.741. The van der Waals surface area contributed by atoms with Crippen LogP contribution in [-0.2, 0) is 14.8 Å². The molecule has 15 heavy (non-hydrogen) atoms. The Bertz CT molecular complexity index is 444. The Morgan fingerprint density at radius 2 is 1.87 bits per heavy atom. The number of carbonyl (C=O) groups is 1. The summed E-state index contributed by atoms with van der Waals surface area (Å²) in [4.78, 5) is 10.8. The van der Waals surface area contributed by atoms with Crippen molar-refractivity contribution in [2.45, 2.75) is 17.9 Å². The fourth-order valence-corrected chi connectivity index (χ4v) is 2.29. The van der Waals surface area contributed by atoms with E-state index in [0.29, 0.717) is 0 Å². The molecule has 0 radical (unpaired) electrons. The number of halogens is 1. The summed E-state index contributed by atoms with van der Waals surface area (Å²) in [6.45, 7) is 1.38. The van der Waals surface area contributed by atoms with E-state index in [0.717, 1.165) is 0 Å². The molecule has 1 aromatic carbocycles. The van der Waals surface area contributed by atoms with Crippen LogP contribution in [-0.4, -0.2) is 19.7 Å². The summed E-state index contributed by atoms with van der Waals surface area (Å²) in [6.07, 6.45) is 0. The van der Waals surface area contributed by atoms with Crippen LogP contribution in [0.1, 0.15) is 6.92 Å². The fraction of sp³-hybridized carbons (Fsp3) is 0.222. The maximum Gasteiger partial charge on any atom is 0.241 e. The first-order valence-corrected chi connectivity index (χ1v) is 6.06. The molecule has 6 heteroatoms. The summed E-state index contributed by atoms with van der Waals surface area (Å²) in [5.41, 5.74) is 0. The van der Waals surface area contributed by atoms with E-state index in [-0.39, 0.29) is 4.90 Å². The molecule has 0 bridgehead atoms. The Labute approximate surface area is 93.3 Å². The van der Waals surface area contributed by atoms with Gasteiger partial charge in [0.25, 0.3) is 0 Å². The van der Waals surface area contributed by atoms with Crippen molar-refractivity contribution in [3.8, 4) is 0 Å². The number of benzene rings is 1. The minimum Gasteiger partial charge on any atom is -0.279 e. The fourth-order valence-electron chi connectivity index (χ4n) is 0.947. The molecule has 0 saturated carbocycles. The molecule has 0 aromatic heterocycles. The van der Waals surface area contributed by atoms with Crippen molar-refractivity contribution < 1.29 is 13.2 Å². The lowest BCUT2D eigenvalue weighted by Crippen LogP contribution is -2.36. The van der Waals surface area contributed by atoms with Crippen LogP contribution in [0.5, 0.6) is 0 Å². The molecule has 0 aliphatic carbocycles. The van der Waals surface area contributed by atoms with Crippen LogP contribution in [0, 0.1) is 0 Å². The van der Waals surface area contributed by atoms with Gasteiger partial charge in [0.1, 0.15) is 0 Å². The first-order valence-electron chi connectivity index (χ1n) is 4.20. The van der Waals surface area contributed by atoms with E-state index < -0.39 is 21.3 Å². The van der Waals surface area contributed by atoms with E-state index in [9.17, 15) is 13.2 Å². The standard InChI is InChI=1S/C9H10ClNO3S/c1-7(9(10)12)11-15(13,14)8-5-3-2-4-6-8/h2-7,11H,1H3/t7-/m0/s1. The number of carbonyl (C=O) groups excluding carboxylic acids is 1. The third-order valence-electron chi connectivity index (χ3n) is 1.73. The molecule has 1 N–H and O–H groups in total. The van der Waals surface area contributed by atoms with Crippen molar-refractivity contribution in [3.63, 3.8) is 0 Å². The monoisotopic (exact) mass is 247 g/mol. The first kappa shape index (κ1) is 12.2. The number of rotatable bonds is 4. The molecule has 0 aliphatic heterocycles. The van der Waals surface area contributed by atoms with Gasteiger partial charge in [0.15, 0.2) is 0 Å². The van der Waals surface area contributed by atoms with Crippen LogP contribution in [0.4, 0.5) is 0 Å². The summed E-state index contributed by atoms with van der Waals surface area (Å²) >= 11 is 5.16. The zero-order valence-electron chi connectivity index (χ0n) is 7.98. The summed E-state index contributed by atoms with van der Waals surface area (Å²) in [7, 11) is -3.66. The highest BCUT2D eigenvalue weighted by Crippen LogP contribution is 2.08. The van der Waals surface area contributed by atoms with Gasteiger partial charge in [-0.25, -0.2) is 8.42 Å². The van der Waals surface area contributed by atoms with Crippen LogP contribution in [0.15, 0.2) is 35.2 Å². The van der Waals surface area contributed by atoms with Crippen molar-refractivity contribution in [2.75, 3.05) is 0 Å². The molecule has 0 unspecified atom stereocenters. The summed E-state index contributed by atoms with van der Waals surface area (Å²) < 4.78 is 25.4. The average Bonchev–Trinajstić information content (AvgIpc) is 2.18. The van der Waals surface area contributed by atoms with Crippen LogP contribution in [0.3, 0.4) is 0 Å². The second-order valence-corrected chi connectivity index (χ2v) is 5.05. The molecule has 0 aliphatic rings. The van der Waals surface area contributed by atoms with Crippen molar-refractivity contribution in [2.24, 2.45) is 0 Å². The van der Waals surface area contributed by atoms with Crippen molar-refractivity contribution in [1.82, 2.24) is 4.72 Å². The molecule has 0 fully saturated rings. The zero-order chi connectivity index (χ0) is 11.5. The average molecular weight is 248 g/mol. The summed E-state index contributed by atoms with van der Waals surface area (Å²) in [5.74, 6) is 0. The SMILES string of the molecule is C[C@H](NS(=O)(=O)c1ccccc1)C(=O)Cl. The third-order valence-corrected chi connectivity index (χ3v) is 3.61. The molecule has 0 amide bonds. The molecule has 0 spiro atoms. The van der Waals surface area contributed by atoms with Gasteiger partial charge in [0.2, 0.25) is 15.3 Å². The van der Waals surface area contributed by atoms with Gasteiger partial charge in [0, 0.05) is 0 Å². The van der Waals surface area contributed by atoms with Gasteiger partial charge in [-0.15, -0.1) is 0 Å². The highest BCUT2D eigenvalue weighted by molar-refractivity contribution is 7.89. The van der Waals surface area contributed by atoms with E-state index in [1.807, 2.05) is 0 Å². The van der Waals surface area contributed by atoms with Gasteiger partial charge in [-0.1, -0.05) is 18.2 Å². The zero-order valence-corrected chi connectivity index (χ0v) is 9.55. The predicted molar refractivity (Wildman–Crippen MR) is 57.1 cm³/mol. The van der Waals surface area contributed by atoms with Crippen molar-refractivity contribution >= 4 is 26.9 Å². The number of hydrogen-bond donors (Lipinski definition) is 1. The second-order valence-electron chi connectivity index (χ2n) is 2.96. The maximum atomic E-state index is 11.6. The molecule has 1 aromatic rings. The highest BCUT2D eigenvalue weighted by Gasteiger charge is 2.20. The van der Waals surface area contributed by atoms with E-state index in [1.165, 1.54) is 19.1 Å². The lowest BCUT2D eigenvalue weighted by atomic mass is 10.4. The molecule has 0 saturated heterocycles. The Morgan fingerprint density at radius 1 is 1.33 bits per heavy atom. The molecule has 1 rings (SSSR count). The highest BCUT2D eigenvalue weighted by atomic mass is 35.5. The van der Waals surface area contributed by atoms with E-state index in [1.54, 1.807) is 18.2 Å². The van der Waals surface area contributed by atoms with Gasteiger partial charge in [-0.05, 0) is 30.7 Å². The van der Waals surface area contributed by atoms with E-state index >= 15 is 0 Å². The molecule has 4 nitrogen and oxygen atoms in total. The molecular formula is C9H10ClNO3S. The number of sulfonamides is 1. The Kier molecular flexibility index (Phi) is 3.84. The van der Waals surface area contributed by atoms with Crippen LogP contribution in [0.2, 0.25) is 0 Å². The number of nitrogens with one attached hydrogen (secondary N) is 1. The minimum atomic E-state index is -3.66. The maximum absolute atomic E-state index is 11.6. The van der Waals surface area contributed by atoms with Gasteiger partial charge >= 0.3 is 0 Å². The van der Waals surface area contributed by atoms with Crippen molar-refractivity contribution in [1.29, 1.82) is 0 Å². The Balaban J connectivity index is 2.91. The minimum absolute atomic E-state index is 0.106. The second kappa shape index (κ2) is 4.74. The molecular weight excluding hydrogens is 238 g/mol. The third kappa shape index (κ3) is 3.30. The normalized spacial score (nSPS) is 13.5. The first-order chi connectivity index (χ1) is 6.93. The Hall–Kier alpha value is -0.910. The van der Waals surface area contributed by atoms with Crippen LogP contribution in [0.25, 0.3) is 0 Å². The molecule has 1 atom stereocenters. The predicted octanol–water partition coefficient (Wildman–Crippen LogP) is 1.12. The van der Waals surface area contributed by atoms with Gasteiger partial charge < -0.3 is 0 Å². The largest absolute Gasteiger partial charge is 0.279 e. The smallest absolute Gasteiger partial charge is 0.241 e. The van der Waals surface area contributed by atoms with Crippen LogP contribution < -0.4 is 4.72 Å². The van der Waals surface area contributed by atoms with Gasteiger partial charge in [-0.2, -0.15) is 4.72 Å². The molecule has 0 heterocycles. The lowest BCUT2D eigenvalue weighted by molar-refractivity contribution is -0.112. The van der Waals surface area contributed by atoms with Gasteiger partial charge in [0.05, 0.1) is 10.9 Å². The Morgan fingerprint density at radius 3 is 2.33 bits per heavy atom. The topological polar surface area (TPSA) is 63.2 Å². The number of hydrogen-bond acceptors (Lipinski definition) is 3. The lowest BCUT2D eigenvalue weighted by Gasteiger charge is -2.09. The van der Waals surface area contributed by atoms with Crippen molar-refractivity contribution in [3.05, 3.63) is 30.3 Å². The van der Waals surface area contributed by atoms with E-state index in [4.69, 9.17) is 11.6 Å². The summed E-state index contributed by atoms with van der Waals surface area (Å²) in [6, 6.07) is 6.84.